The maximum atomic E-state index is 6.66. The first kappa shape index (κ1) is 30.1. The zero-order valence-corrected chi connectivity index (χ0v) is 29.8. The molecule has 12 rings (SSSR count). The lowest BCUT2D eigenvalue weighted by molar-refractivity contribution is 0.669. The van der Waals surface area contributed by atoms with E-state index in [9.17, 15) is 0 Å². The molecule has 0 amide bonds. The van der Waals surface area contributed by atoms with Gasteiger partial charge in [-0.05, 0) is 112 Å². The zero-order valence-electron chi connectivity index (χ0n) is 29.8. The standard InChI is InChI=1S/C52H32N2O/c1-2-12-39(13-3-1)53-48-17-9-7-15-42(48)46-29-35(22-27-49(46)53)37-20-25-44-45-26-21-38(32-52(45)55-51(44)31-37)36-19-24-43-41-14-6-8-16-47(41)54(50(43)30-36)40-23-18-33-10-4-5-11-34(33)28-40/h1-32H. The smallest absolute Gasteiger partial charge is 0.136 e. The average Bonchev–Trinajstić information content (AvgIpc) is 3.90. The van der Waals surface area contributed by atoms with Crippen molar-refractivity contribution in [2.45, 2.75) is 0 Å². The number of para-hydroxylation sites is 3. The maximum absolute atomic E-state index is 6.66. The molecule has 3 nitrogen and oxygen atoms in total. The summed E-state index contributed by atoms with van der Waals surface area (Å²) in [4.78, 5) is 0. The fraction of sp³-hybridized carbons (Fsp3) is 0. The van der Waals surface area contributed by atoms with E-state index < -0.39 is 0 Å². The van der Waals surface area contributed by atoms with E-state index in [1.165, 1.54) is 59.9 Å². The van der Waals surface area contributed by atoms with Gasteiger partial charge >= 0.3 is 0 Å². The lowest BCUT2D eigenvalue weighted by Gasteiger charge is -2.10. The first-order valence-electron chi connectivity index (χ1n) is 18.8. The van der Waals surface area contributed by atoms with Crippen LogP contribution in [0.2, 0.25) is 0 Å². The van der Waals surface area contributed by atoms with E-state index in [2.05, 4.69) is 203 Å². The minimum Gasteiger partial charge on any atom is -0.456 e. The molecule has 0 saturated heterocycles. The molecule has 0 spiro atoms. The van der Waals surface area contributed by atoms with Gasteiger partial charge in [0.1, 0.15) is 11.2 Å². The Labute approximate surface area is 316 Å². The Hall–Kier alpha value is -7.36. The van der Waals surface area contributed by atoms with Gasteiger partial charge in [-0.3, -0.25) is 0 Å². The predicted octanol–water partition coefficient (Wildman–Crippen LogP) is 14.3. The van der Waals surface area contributed by atoms with E-state index in [-0.39, 0.29) is 0 Å². The minimum absolute atomic E-state index is 0.890. The van der Waals surface area contributed by atoms with Crippen molar-refractivity contribution in [1.29, 1.82) is 0 Å². The van der Waals surface area contributed by atoms with Gasteiger partial charge in [0, 0.05) is 43.7 Å². The highest BCUT2D eigenvalue weighted by molar-refractivity contribution is 6.13. The van der Waals surface area contributed by atoms with Gasteiger partial charge in [0.2, 0.25) is 0 Å². The first-order chi connectivity index (χ1) is 27.2. The molecule has 9 aromatic carbocycles. The van der Waals surface area contributed by atoms with Crippen LogP contribution in [0.4, 0.5) is 0 Å². The molecule has 0 fully saturated rings. The molecule has 0 atom stereocenters. The molecule has 0 bridgehead atoms. The molecule has 0 unspecified atom stereocenters. The summed E-state index contributed by atoms with van der Waals surface area (Å²) in [6.07, 6.45) is 0. The summed E-state index contributed by atoms with van der Waals surface area (Å²) in [5.41, 5.74) is 13.5. The molecule has 12 aromatic rings. The Morgan fingerprint density at radius 1 is 0.273 bits per heavy atom. The van der Waals surface area contributed by atoms with Crippen molar-refractivity contribution < 1.29 is 4.42 Å². The van der Waals surface area contributed by atoms with Gasteiger partial charge in [-0.1, -0.05) is 115 Å². The van der Waals surface area contributed by atoms with Crippen LogP contribution in [0.5, 0.6) is 0 Å². The van der Waals surface area contributed by atoms with Crippen LogP contribution in [-0.4, -0.2) is 9.13 Å². The quantitative estimate of drug-likeness (QED) is 0.179. The number of hydrogen-bond donors (Lipinski definition) is 0. The summed E-state index contributed by atoms with van der Waals surface area (Å²) in [6, 6.07) is 70.2. The highest BCUT2D eigenvalue weighted by Gasteiger charge is 2.17. The topological polar surface area (TPSA) is 23.0 Å². The second kappa shape index (κ2) is 11.6. The summed E-state index contributed by atoms with van der Waals surface area (Å²) < 4.78 is 11.4. The molecule has 0 aliphatic rings. The number of aromatic nitrogens is 2. The monoisotopic (exact) mass is 700 g/mol. The van der Waals surface area contributed by atoms with Crippen LogP contribution < -0.4 is 0 Å². The van der Waals surface area contributed by atoms with Crippen molar-refractivity contribution in [2.24, 2.45) is 0 Å². The number of nitrogens with zero attached hydrogens (tertiary/aromatic N) is 2. The second-order valence-corrected chi connectivity index (χ2v) is 14.6. The molecule has 3 aromatic heterocycles. The summed E-state index contributed by atoms with van der Waals surface area (Å²) >= 11 is 0. The molecular formula is C52H32N2O. The molecule has 0 aliphatic carbocycles. The normalized spacial score (nSPS) is 12.0. The molecule has 0 aliphatic heterocycles. The lowest BCUT2D eigenvalue weighted by Crippen LogP contribution is -1.94. The molecular weight excluding hydrogens is 669 g/mol. The first-order valence-corrected chi connectivity index (χ1v) is 18.8. The molecule has 0 radical (unpaired) electrons. The van der Waals surface area contributed by atoms with E-state index in [0.29, 0.717) is 0 Å². The number of hydrogen-bond acceptors (Lipinski definition) is 1. The van der Waals surface area contributed by atoms with Crippen molar-refractivity contribution in [3.05, 3.63) is 194 Å². The Morgan fingerprint density at radius 2 is 0.782 bits per heavy atom. The van der Waals surface area contributed by atoms with Crippen LogP contribution in [0.1, 0.15) is 0 Å². The van der Waals surface area contributed by atoms with Gasteiger partial charge in [0.05, 0.1) is 22.1 Å². The highest BCUT2D eigenvalue weighted by Crippen LogP contribution is 2.40. The fourth-order valence-corrected chi connectivity index (χ4v) is 8.89. The van der Waals surface area contributed by atoms with Crippen molar-refractivity contribution >= 4 is 76.3 Å². The number of rotatable bonds is 4. The molecule has 256 valence electrons. The van der Waals surface area contributed by atoms with Crippen LogP contribution in [0.15, 0.2) is 199 Å². The van der Waals surface area contributed by atoms with Crippen LogP contribution in [-0.2, 0) is 0 Å². The van der Waals surface area contributed by atoms with Crippen molar-refractivity contribution in [3.8, 4) is 33.6 Å². The summed E-state index contributed by atoms with van der Waals surface area (Å²) in [5, 5.41) is 9.70. The van der Waals surface area contributed by atoms with Crippen LogP contribution in [0.25, 0.3) is 110 Å². The van der Waals surface area contributed by atoms with Crippen molar-refractivity contribution in [2.75, 3.05) is 0 Å². The molecule has 0 saturated carbocycles. The molecule has 0 N–H and O–H groups in total. The molecule has 3 heteroatoms. The Balaban J connectivity index is 0.961. The summed E-state index contributed by atoms with van der Waals surface area (Å²) in [5.74, 6) is 0. The van der Waals surface area contributed by atoms with Crippen LogP contribution >= 0.6 is 0 Å². The largest absolute Gasteiger partial charge is 0.456 e. The third-order valence-electron chi connectivity index (χ3n) is 11.5. The van der Waals surface area contributed by atoms with E-state index >= 15 is 0 Å². The van der Waals surface area contributed by atoms with Crippen molar-refractivity contribution in [1.82, 2.24) is 9.13 Å². The second-order valence-electron chi connectivity index (χ2n) is 14.6. The fourth-order valence-electron chi connectivity index (χ4n) is 8.89. The van der Waals surface area contributed by atoms with Gasteiger partial charge in [0.15, 0.2) is 0 Å². The predicted molar refractivity (Wildman–Crippen MR) is 231 cm³/mol. The van der Waals surface area contributed by atoms with Gasteiger partial charge in [-0.25, -0.2) is 0 Å². The highest BCUT2D eigenvalue weighted by atomic mass is 16.3. The van der Waals surface area contributed by atoms with Gasteiger partial charge in [-0.2, -0.15) is 0 Å². The minimum atomic E-state index is 0.890. The Kier molecular flexibility index (Phi) is 6.34. The van der Waals surface area contributed by atoms with Crippen LogP contribution in [0, 0.1) is 0 Å². The van der Waals surface area contributed by atoms with Gasteiger partial charge in [0.25, 0.3) is 0 Å². The zero-order chi connectivity index (χ0) is 36.0. The number of furan rings is 1. The third kappa shape index (κ3) is 4.57. The average molecular weight is 701 g/mol. The molecule has 55 heavy (non-hydrogen) atoms. The Morgan fingerprint density at radius 3 is 1.51 bits per heavy atom. The van der Waals surface area contributed by atoms with E-state index in [4.69, 9.17) is 4.42 Å². The van der Waals surface area contributed by atoms with Gasteiger partial charge < -0.3 is 13.6 Å². The third-order valence-corrected chi connectivity index (χ3v) is 11.5. The van der Waals surface area contributed by atoms with Crippen LogP contribution in [0.3, 0.4) is 0 Å². The van der Waals surface area contributed by atoms with Crippen molar-refractivity contribution in [3.63, 3.8) is 0 Å². The Bertz CT molecular complexity index is 3490. The lowest BCUT2D eigenvalue weighted by atomic mass is 10.00. The number of fused-ring (bicyclic) bond motifs is 10. The summed E-state index contributed by atoms with van der Waals surface area (Å²) in [7, 11) is 0. The van der Waals surface area contributed by atoms with E-state index in [0.717, 1.165) is 50.0 Å². The van der Waals surface area contributed by atoms with E-state index in [1.54, 1.807) is 0 Å². The summed E-state index contributed by atoms with van der Waals surface area (Å²) in [6.45, 7) is 0. The van der Waals surface area contributed by atoms with Gasteiger partial charge in [-0.15, -0.1) is 0 Å². The molecule has 3 heterocycles. The maximum Gasteiger partial charge on any atom is 0.136 e. The van der Waals surface area contributed by atoms with E-state index in [1.807, 2.05) is 0 Å². The number of benzene rings is 9. The SMILES string of the molecule is c1ccc(-n2c3ccccc3c3cc(-c4ccc5c(c4)oc4cc(-c6ccc7c8ccccc8n(-c8ccc9ccccc9c8)c7c6)ccc45)ccc32)cc1.